The van der Waals surface area contributed by atoms with Crippen LogP contribution in [0.2, 0.25) is 0 Å². The van der Waals surface area contributed by atoms with Gasteiger partial charge in [-0.2, -0.15) is 13.2 Å². The molecule has 1 fully saturated rings. The van der Waals surface area contributed by atoms with Crippen LogP contribution in [0, 0.1) is 0 Å². The first kappa shape index (κ1) is 16.0. The summed E-state index contributed by atoms with van der Waals surface area (Å²) in [7, 11) is 0. The molecule has 2 atom stereocenters. The predicted octanol–water partition coefficient (Wildman–Crippen LogP) is 1.55. The monoisotopic (exact) mass is 285 g/mol. The molecule has 0 saturated carbocycles. The third-order valence-electron chi connectivity index (χ3n) is 2.50. The molecule has 112 valence electrons. The minimum absolute atomic E-state index is 0.375. The Hall–Kier alpha value is -1.02. The molecule has 1 saturated heterocycles. The van der Waals surface area contributed by atoms with Crippen molar-refractivity contribution in [1.82, 2.24) is 4.90 Å². The van der Waals surface area contributed by atoms with E-state index in [1.165, 1.54) is 0 Å². The van der Waals surface area contributed by atoms with E-state index in [-0.39, 0.29) is 6.61 Å². The molecule has 8 heteroatoms. The van der Waals surface area contributed by atoms with E-state index in [1.54, 1.807) is 20.8 Å². The van der Waals surface area contributed by atoms with Crippen LogP contribution < -0.4 is 0 Å². The molecule has 1 rings (SSSR count). The Balaban J connectivity index is 2.78. The summed E-state index contributed by atoms with van der Waals surface area (Å²) in [6.07, 6.45) is -7.49. The zero-order chi connectivity index (χ0) is 14.8. The van der Waals surface area contributed by atoms with Crippen LogP contribution in [0.5, 0.6) is 0 Å². The van der Waals surface area contributed by atoms with Gasteiger partial charge in [0.25, 0.3) is 0 Å². The Morgan fingerprint density at radius 3 is 2.42 bits per heavy atom. The highest BCUT2D eigenvalue weighted by atomic mass is 19.4. The van der Waals surface area contributed by atoms with Crippen LogP contribution in [-0.2, 0) is 9.47 Å². The maximum absolute atomic E-state index is 12.6. The van der Waals surface area contributed by atoms with Gasteiger partial charge in [-0.25, -0.2) is 4.79 Å². The van der Waals surface area contributed by atoms with E-state index in [4.69, 9.17) is 9.84 Å². The van der Waals surface area contributed by atoms with Crippen molar-refractivity contribution in [2.24, 2.45) is 0 Å². The fourth-order valence-corrected chi connectivity index (χ4v) is 1.59. The van der Waals surface area contributed by atoms with Crippen LogP contribution in [0.3, 0.4) is 0 Å². The second kappa shape index (κ2) is 5.54. The van der Waals surface area contributed by atoms with Crippen molar-refractivity contribution in [1.29, 1.82) is 0 Å². The van der Waals surface area contributed by atoms with Crippen LogP contribution >= 0.6 is 0 Å². The number of aliphatic hydroxyl groups is 1. The number of carbonyl (C=O) groups excluding carboxylic acids is 1. The Morgan fingerprint density at radius 2 is 2.00 bits per heavy atom. The summed E-state index contributed by atoms with van der Waals surface area (Å²) >= 11 is 0. The standard InChI is InChI=1S/C11H18F3NO4/c1-10(2,3)19-9(17)15-4-8(11(12,13)14)18-6-7(15)5-16/h7-8,16H,4-6H2,1-3H3. The average molecular weight is 285 g/mol. The number of morpholine rings is 1. The van der Waals surface area contributed by atoms with E-state index in [2.05, 4.69) is 4.74 Å². The fraction of sp³-hybridized carbons (Fsp3) is 0.909. The van der Waals surface area contributed by atoms with Gasteiger partial charge in [0.2, 0.25) is 0 Å². The molecule has 1 heterocycles. The molecule has 0 aromatic carbocycles. The smallest absolute Gasteiger partial charge is 0.416 e. The topological polar surface area (TPSA) is 59.0 Å². The summed E-state index contributed by atoms with van der Waals surface area (Å²) in [4.78, 5) is 12.7. The van der Waals surface area contributed by atoms with E-state index in [1.807, 2.05) is 0 Å². The van der Waals surface area contributed by atoms with Gasteiger partial charge in [0.15, 0.2) is 6.10 Å². The molecule has 0 aromatic heterocycles. The van der Waals surface area contributed by atoms with E-state index in [9.17, 15) is 18.0 Å². The highest BCUT2D eigenvalue weighted by Crippen LogP contribution is 2.28. The summed E-state index contributed by atoms with van der Waals surface area (Å²) in [5, 5.41) is 9.09. The van der Waals surface area contributed by atoms with Crippen LogP contribution in [-0.4, -0.2) is 59.8 Å². The number of aliphatic hydroxyl groups excluding tert-OH is 1. The molecule has 0 aromatic rings. The Labute approximate surface area is 109 Å². The fourth-order valence-electron chi connectivity index (χ4n) is 1.59. The lowest BCUT2D eigenvalue weighted by molar-refractivity contribution is -0.243. The van der Waals surface area contributed by atoms with Gasteiger partial charge in [-0.3, -0.25) is 4.90 Å². The lowest BCUT2D eigenvalue weighted by Gasteiger charge is -2.39. The summed E-state index contributed by atoms with van der Waals surface area (Å²) in [6.45, 7) is 3.30. The summed E-state index contributed by atoms with van der Waals surface area (Å²) in [5.74, 6) is 0. The average Bonchev–Trinajstić information content (AvgIpc) is 2.24. The van der Waals surface area contributed by atoms with E-state index >= 15 is 0 Å². The zero-order valence-corrected chi connectivity index (χ0v) is 11.0. The van der Waals surface area contributed by atoms with E-state index < -0.39 is 43.2 Å². The minimum atomic E-state index is -4.55. The lowest BCUT2D eigenvalue weighted by atomic mass is 10.2. The molecule has 1 aliphatic heterocycles. The van der Waals surface area contributed by atoms with Gasteiger partial charge < -0.3 is 14.6 Å². The van der Waals surface area contributed by atoms with E-state index in [0.29, 0.717) is 0 Å². The van der Waals surface area contributed by atoms with Gasteiger partial charge in [-0.15, -0.1) is 0 Å². The van der Waals surface area contributed by atoms with Gasteiger partial charge in [0.05, 0.1) is 25.8 Å². The van der Waals surface area contributed by atoms with Crippen molar-refractivity contribution >= 4 is 6.09 Å². The highest BCUT2D eigenvalue weighted by molar-refractivity contribution is 5.68. The number of nitrogens with zero attached hydrogens (tertiary/aromatic N) is 1. The van der Waals surface area contributed by atoms with Crippen LogP contribution in [0.4, 0.5) is 18.0 Å². The molecular formula is C11H18F3NO4. The normalized spacial score (nSPS) is 25.3. The number of halogens is 3. The van der Waals surface area contributed by atoms with Crippen molar-refractivity contribution in [2.75, 3.05) is 19.8 Å². The van der Waals surface area contributed by atoms with Gasteiger partial charge in [-0.05, 0) is 20.8 Å². The summed E-state index contributed by atoms with van der Waals surface area (Å²) < 4.78 is 47.4. The maximum atomic E-state index is 12.6. The molecule has 2 unspecified atom stereocenters. The predicted molar refractivity (Wildman–Crippen MR) is 59.6 cm³/mol. The Morgan fingerprint density at radius 1 is 1.42 bits per heavy atom. The first-order valence-corrected chi connectivity index (χ1v) is 5.83. The number of ether oxygens (including phenoxy) is 2. The lowest BCUT2D eigenvalue weighted by Crippen LogP contribution is -2.58. The van der Waals surface area contributed by atoms with Crippen molar-refractivity contribution in [3.05, 3.63) is 0 Å². The van der Waals surface area contributed by atoms with Gasteiger partial charge in [0, 0.05) is 0 Å². The second-order valence-electron chi connectivity index (χ2n) is 5.33. The number of hydrogen-bond donors (Lipinski definition) is 1. The molecule has 1 amide bonds. The first-order valence-electron chi connectivity index (χ1n) is 5.83. The van der Waals surface area contributed by atoms with E-state index in [0.717, 1.165) is 4.90 Å². The van der Waals surface area contributed by atoms with Crippen molar-refractivity contribution in [3.63, 3.8) is 0 Å². The maximum Gasteiger partial charge on any atom is 0.416 e. The van der Waals surface area contributed by atoms with Crippen LogP contribution in [0.1, 0.15) is 20.8 Å². The molecule has 1 aliphatic rings. The molecule has 19 heavy (non-hydrogen) atoms. The van der Waals surface area contributed by atoms with Crippen molar-refractivity contribution < 1.29 is 32.5 Å². The third-order valence-corrected chi connectivity index (χ3v) is 2.50. The van der Waals surface area contributed by atoms with Crippen molar-refractivity contribution in [3.8, 4) is 0 Å². The largest absolute Gasteiger partial charge is 0.444 e. The highest BCUT2D eigenvalue weighted by Gasteiger charge is 2.47. The molecule has 0 aliphatic carbocycles. The van der Waals surface area contributed by atoms with Crippen LogP contribution in [0.15, 0.2) is 0 Å². The minimum Gasteiger partial charge on any atom is -0.444 e. The number of rotatable bonds is 1. The Kier molecular flexibility index (Phi) is 4.67. The summed E-state index contributed by atoms with van der Waals surface area (Å²) in [5.41, 5.74) is -0.816. The summed E-state index contributed by atoms with van der Waals surface area (Å²) in [6, 6.07) is -0.826. The van der Waals surface area contributed by atoms with Gasteiger partial charge in [-0.1, -0.05) is 0 Å². The van der Waals surface area contributed by atoms with Gasteiger partial charge >= 0.3 is 12.3 Å². The third kappa shape index (κ3) is 4.54. The SMILES string of the molecule is CC(C)(C)OC(=O)N1CC(C(F)(F)F)OCC1CO. The van der Waals surface area contributed by atoms with Gasteiger partial charge in [0.1, 0.15) is 5.60 Å². The second-order valence-corrected chi connectivity index (χ2v) is 5.33. The number of amides is 1. The van der Waals surface area contributed by atoms with Crippen LogP contribution in [0.25, 0.3) is 0 Å². The van der Waals surface area contributed by atoms with Crippen molar-refractivity contribution in [2.45, 2.75) is 44.7 Å². The molecule has 1 N–H and O–H groups in total. The molecule has 0 bridgehead atoms. The molecule has 5 nitrogen and oxygen atoms in total. The number of alkyl halides is 3. The number of hydrogen-bond acceptors (Lipinski definition) is 4. The quantitative estimate of drug-likeness (QED) is 0.794. The number of carbonyl (C=O) groups is 1. The first-order chi connectivity index (χ1) is 8.54. The molecule has 0 radical (unpaired) electrons. The Bertz CT molecular complexity index is 327. The zero-order valence-electron chi connectivity index (χ0n) is 11.0. The molecule has 0 spiro atoms. The molecular weight excluding hydrogens is 267 g/mol.